The van der Waals surface area contributed by atoms with Crippen molar-refractivity contribution in [3.8, 4) is 22.5 Å². The van der Waals surface area contributed by atoms with Crippen molar-refractivity contribution >= 4 is 75.1 Å². The second-order valence-corrected chi connectivity index (χ2v) is 12.0. The third-order valence-corrected chi connectivity index (χ3v) is 9.58. The fourth-order valence-corrected chi connectivity index (χ4v) is 7.60. The van der Waals surface area contributed by atoms with E-state index in [9.17, 15) is 2.74 Å². The van der Waals surface area contributed by atoms with Crippen LogP contribution in [-0.4, -0.2) is 9.13 Å². The average Bonchev–Trinajstić information content (AvgIpc) is 3.87. The van der Waals surface area contributed by atoms with Gasteiger partial charge in [-0.2, -0.15) is 0 Å². The Hall–Kier alpha value is -5.64. The molecule has 0 aliphatic heterocycles. The van der Waals surface area contributed by atoms with Crippen molar-refractivity contribution < 1.29 is 13.7 Å². The van der Waals surface area contributed by atoms with Gasteiger partial charge in [0.25, 0.3) is 0 Å². The number of thiophene rings is 1. The summed E-state index contributed by atoms with van der Waals surface area (Å²) in [6, 6.07) is 28.2. The van der Waals surface area contributed by atoms with E-state index in [-0.39, 0.29) is 66.0 Å². The lowest BCUT2D eigenvalue weighted by atomic mass is 10.0. The SMILES string of the molecule is [2H]c1c(-c2ccccc2)c([2H])c2c(sc3c([2H])c([2H])c([2H])c(-n4c5ccccc5c5cc(-n6c7ccccc7c7c([2H])c([2H])c([2H])c([2H])c76)ccc54)c32)c1[2H]. The van der Waals surface area contributed by atoms with E-state index in [0.29, 0.717) is 64.4 Å². The summed E-state index contributed by atoms with van der Waals surface area (Å²) in [7, 11) is 0. The van der Waals surface area contributed by atoms with Crippen LogP contribution in [0.1, 0.15) is 13.7 Å². The van der Waals surface area contributed by atoms with Crippen molar-refractivity contribution in [2.24, 2.45) is 0 Å². The van der Waals surface area contributed by atoms with Gasteiger partial charge >= 0.3 is 0 Å². The molecule has 0 bridgehead atoms. The van der Waals surface area contributed by atoms with E-state index in [1.54, 1.807) is 12.1 Å². The molecule has 0 spiro atoms. The van der Waals surface area contributed by atoms with Crippen molar-refractivity contribution in [3.05, 3.63) is 157 Å². The molecule has 3 heteroatoms. The van der Waals surface area contributed by atoms with Crippen LogP contribution in [0.25, 0.3) is 86.3 Å². The van der Waals surface area contributed by atoms with Crippen LogP contribution >= 0.6 is 11.3 Å². The van der Waals surface area contributed by atoms with Crippen molar-refractivity contribution in [1.29, 1.82) is 0 Å². The Morgan fingerprint density at radius 2 is 1.20 bits per heavy atom. The van der Waals surface area contributed by atoms with Gasteiger partial charge in [0.05, 0.1) is 41.5 Å². The molecule has 0 aliphatic carbocycles. The van der Waals surface area contributed by atoms with Gasteiger partial charge in [0.2, 0.25) is 0 Å². The molecule has 0 atom stereocenters. The molecule has 0 saturated heterocycles. The highest BCUT2D eigenvalue weighted by molar-refractivity contribution is 7.25. The standard InChI is InChI=1S/C42H26N2S/c1-2-11-27(12-3-1)28-21-24-40-34(25-28)42-39(19-10-20-41(42)45-40)44-37-18-9-6-15-32(37)33-26-29(22-23-38(33)44)43-35-16-7-4-13-30(35)31-14-5-8-17-36(31)43/h1-26H/i4D,7D,10D,13D,16D,19D,20D,21D,24D,25D. The Morgan fingerprint density at radius 3 is 2.07 bits per heavy atom. The van der Waals surface area contributed by atoms with Gasteiger partial charge in [0.15, 0.2) is 0 Å². The maximum Gasteiger partial charge on any atom is 0.0645 e. The summed E-state index contributed by atoms with van der Waals surface area (Å²) in [5, 5.41) is 3.49. The molecule has 0 saturated carbocycles. The number of rotatable bonds is 3. The number of hydrogen-bond acceptors (Lipinski definition) is 1. The van der Waals surface area contributed by atoms with E-state index >= 15 is 0 Å². The van der Waals surface area contributed by atoms with Gasteiger partial charge in [-0.05, 0) is 71.7 Å². The van der Waals surface area contributed by atoms with Crippen molar-refractivity contribution in [1.82, 2.24) is 9.13 Å². The van der Waals surface area contributed by atoms with Crippen LogP contribution < -0.4 is 0 Å². The summed E-state index contributed by atoms with van der Waals surface area (Å²) in [6.45, 7) is 0. The fraction of sp³-hybridized carbons (Fsp3) is 0. The number of para-hydroxylation sites is 3. The summed E-state index contributed by atoms with van der Waals surface area (Å²) in [5.74, 6) is 0. The highest BCUT2D eigenvalue weighted by atomic mass is 32.1. The van der Waals surface area contributed by atoms with E-state index in [2.05, 4.69) is 0 Å². The van der Waals surface area contributed by atoms with Crippen LogP contribution in [0.15, 0.2) is 157 Å². The van der Waals surface area contributed by atoms with Crippen LogP contribution in [0.5, 0.6) is 0 Å². The van der Waals surface area contributed by atoms with Gasteiger partial charge in [-0.1, -0.05) is 96.9 Å². The molecule has 7 aromatic carbocycles. The highest BCUT2D eigenvalue weighted by Gasteiger charge is 2.19. The number of benzene rings is 7. The second kappa shape index (κ2) is 9.43. The maximum atomic E-state index is 9.52. The molecule has 45 heavy (non-hydrogen) atoms. The quantitative estimate of drug-likeness (QED) is 0.191. The molecule has 10 aromatic rings. The van der Waals surface area contributed by atoms with Crippen molar-refractivity contribution in [2.75, 3.05) is 0 Å². The van der Waals surface area contributed by atoms with E-state index in [1.165, 1.54) is 0 Å². The van der Waals surface area contributed by atoms with Crippen LogP contribution in [0.2, 0.25) is 0 Å². The first-order chi connectivity index (χ1) is 26.5. The summed E-state index contributed by atoms with van der Waals surface area (Å²) in [5.41, 5.74) is 4.33. The molecule has 0 aliphatic rings. The monoisotopic (exact) mass is 600 g/mol. The van der Waals surface area contributed by atoms with E-state index < -0.39 is 0 Å². The molecular weight excluding hydrogens is 565 g/mol. The van der Waals surface area contributed by atoms with Crippen molar-refractivity contribution in [2.45, 2.75) is 0 Å². The molecule has 2 nitrogen and oxygen atoms in total. The zero-order valence-corrected chi connectivity index (χ0v) is 24.4. The zero-order valence-electron chi connectivity index (χ0n) is 33.5. The summed E-state index contributed by atoms with van der Waals surface area (Å²) >= 11 is 1.10. The lowest BCUT2D eigenvalue weighted by Crippen LogP contribution is -1.96. The molecule has 0 fully saturated rings. The van der Waals surface area contributed by atoms with E-state index in [1.807, 2.05) is 94.1 Å². The number of aromatic nitrogens is 2. The largest absolute Gasteiger partial charge is 0.309 e. The fourth-order valence-electron chi connectivity index (χ4n) is 6.63. The number of fused-ring (bicyclic) bond motifs is 9. The Labute approximate surface area is 277 Å². The molecule has 10 rings (SSSR count). The number of nitrogens with zero attached hydrogens (tertiary/aromatic N) is 2. The molecule has 3 aromatic heterocycles. The maximum absolute atomic E-state index is 9.52. The third kappa shape index (κ3) is 3.56. The topological polar surface area (TPSA) is 9.86 Å². The van der Waals surface area contributed by atoms with E-state index in [4.69, 9.17) is 11.0 Å². The Bertz CT molecular complexity index is 3330. The molecule has 0 N–H and O–H groups in total. The van der Waals surface area contributed by atoms with Crippen LogP contribution in [-0.2, 0) is 0 Å². The van der Waals surface area contributed by atoms with Crippen molar-refractivity contribution in [3.63, 3.8) is 0 Å². The minimum absolute atomic E-state index is 0.0187. The summed E-state index contributed by atoms with van der Waals surface area (Å²) in [4.78, 5) is 0. The van der Waals surface area contributed by atoms with Gasteiger partial charge in [-0.15, -0.1) is 11.3 Å². The first-order valence-corrected chi connectivity index (χ1v) is 15.4. The predicted octanol–water partition coefficient (Wildman–Crippen LogP) is 11.9. The molecule has 0 radical (unpaired) electrons. The third-order valence-electron chi connectivity index (χ3n) is 8.56. The summed E-state index contributed by atoms with van der Waals surface area (Å²) in [6.07, 6.45) is 0. The van der Waals surface area contributed by atoms with Gasteiger partial charge < -0.3 is 9.13 Å². The van der Waals surface area contributed by atoms with Gasteiger partial charge in [0.1, 0.15) is 0 Å². The van der Waals surface area contributed by atoms with E-state index in [0.717, 1.165) is 27.6 Å². The minimum Gasteiger partial charge on any atom is -0.309 e. The number of hydrogen-bond donors (Lipinski definition) is 0. The van der Waals surface area contributed by atoms with Gasteiger partial charge in [0, 0.05) is 47.4 Å². The van der Waals surface area contributed by atoms with Gasteiger partial charge in [-0.3, -0.25) is 0 Å². The molecular formula is C42H26N2S. The first-order valence-electron chi connectivity index (χ1n) is 19.6. The Morgan fingerprint density at radius 1 is 0.467 bits per heavy atom. The normalized spacial score (nSPS) is 15.1. The van der Waals surface area contributed by atoms with Crippen LogP contribution in [0.3, 0.4) is 0 Å². The highest BCUT2D eigenvalue weighted by Crippen LogP contribution is 2.43. The lowest BCUT2D eigenvalue weighted by molar-refractivity contribution is 1.17. The Balaban J connectivity index is 1.34. The molecule has 210 valence electrons. The molecule has 0 amide bonds. The zero-order chi connectivity index (χ0) is 38.2. The van der Waals surface area contributed by atoms with Gasteiger partial charge in [-0.25, -0.2) is 0 Å². The van der Waals surface area contributed by atoms with Crippen LogP contribution in [0.4, 0.5) is 0 Å². The second-order valence-electron chi connectivity index (χ2n) is 11.0. The molecule has 0 unspecified atom stereocenters. The predicted molar refractivity (Wildman–Crippen MR) is 193 cm³/mol. The van der Waals surface area contributed by atoms with Crippen LogP contribution in [0, 0.1) is 0 Å². The molecule has 3 heterocycles. The lowest BCUT2D eigenvalue weighted by Gasteiger charge is -2.12. The minimum atomic E-state index is -0.323. The summed E-state index contributed by atoms with van der Waals surface area (Å²) < 4.78 is 94.0. The first kappa shape index (κ1) is 17.0. The Kier molecular flexibility index (Phi) is 3.56. The smallest absolute Gasteiger partial charge is 0.0645 e. The average molecular weight is 601 g/mol.